The Balaban J connectivity index is 1.65. The smallest absolute Gasteiger partial charge is 0.0507 e. The molecule has 2 aliphatic heterocycles. The van der Waals surface area contributed by atoms with E-state index in [-0.39, 0.29) is 0 Å². The Morgan fingerprint density at radius 3 is 2.41 bits per heavy atom. The van der Waals surface area contributed by atoms with Gasteiger partial charge in [-0.25, -0.2) is 0 Å². The van der Waals surface area contributed by atoms with Crippen molar-refractivity contribution in [3.8, 4) is 0 Å². The summed E-state index contributed by atoms with van der Waals surface area (Å²) in [7, 11) is 0. The summed E-state index contributed by atoms with van der Waals surface area (Å²) < 4.78 is 5.41. The summed E-state index contributed by atoms with van der Waals surface area (Å²) in [4.78, 5) is 2.60. The Kier molecular flexibility index (Phi) is 4.45. The number of ether oxygens (including phenoxy) is 1. The van der Waals surface area contributed by atoms with E-state index in [2.05, 4.69) is 31.0 Å². The van der Waals surface area contributed by atoms with Crippen molar-refractivity contribution in [1.82, 2.24) is 10.2 Å². The van der Waals surface area contributed by atoms with Gasteiger partial charge in [0.1, 0.15) is 0 Å². The van der Waals surface area contributed by atoms with Crippen LogP contribution in [0.1, 0.15) is 40.0 Å². The van der Waals surface area contributed by atoms with Crippen LogP contribution in [0.25, 0.3) is 0 Å². The van der Waals surface area contributed by atoms with Crippen LogP contribution < -0.4 is 5.32 Å². The average molecular weight is 240 g/mol. The highest BCUT2D eigenvalue weighted by Crippen LogP contribution is 2.20. The molecule has 2 fully saturated rings. The van der Waals surface area contributed by atoms with E-state index in [0.717, 1.165) is 31.7 Å². The van der Waals surface area contributed by atoms with Gasteiger partial charge in [0.05, 0.1) is 6.61 Å². The van der Waals surface area contributed by atoms with E-state index in [9.17, 15) is 0 Å². The maximum Gasteiger partial charge on any atom is 0.0507 e. The van der Waals surface area contributed by atoms with E-state index in [0.29, 0.717) is 5.54 Å². The molecule has 0 aliphatic carbocycles. The molecule has 0 saturated carbocycles. The lowest BCUT2D eigenvalue weighted by Crippen LogP contribution is -2.50. The predicted octanol–water partition coefficient (Wildman–Crippen LogP) is 1.88. The number of hydrogen-bond acceptors (Lipinski definition) is 3. The molecule has 1 N–H and O–H groups in total. The van der Waals surface area contributed by atoms with Gasteiger partial charge in [-0.1, -0.05) is 0 Å². The molecule has 17 heavy (non-hydrogen) atoms. The summed E-state index contributed by atoms with van der Waals surface area (Å²) in [5.41, 5.74) is 0.338. The molecule has 0 spiro atoms. The second-order valence-corrected chi connectivity index (χ2v) is 6.57. The minimum atomic E-state index is 0.338. The number of rotatable bonds is 3. The molecule has 0 aromatic carbocycles. The molecule has 2 saturated heterocycles. The summed E-state index contributed by atoms with van der Waals surface area (Å²) in [6.45, 7) is 12.5. The molecule has 2 heterocycles. The highest BCUT2D eigenvalue weighted by Gasteiger charge is 2.27. The third-order valence-corrected chi connectivity index (χ3v) is 4.16. The average Bonchev–Trinajstić information content (AvgIpc) is 2.78. The van der Waals surface area contributed by atoms with Crippen LogP contribution in [0.15, 0.2) is 0 Å². The molecule has 3 nitrogen and oxygen atoms in total. The van der Waals surface area contributed by atoms with Crippen molar-refractivity contribution in [1.29, 1.82) is 0 Å². The molecule has 0 amide bonds. The lowest BCUT2D eigenvalue weighted by atomic mass is 9.97. The lowest BCUT2D eigenvalue weighted by Gasteiger charge is -2.41. The van der Waals surface area contributed by atoms with Crippen LogP contribution in [0, 0.1) is 5.92 Å². The Bertz CT molecular complexity index is 223. The molecule has 100 valence electrons. The van der Waals surface area contributed by atoms with Crippen molar-refractivity contribution < 1.29 is 4.74 Å². The maximum atomic E-state index is 5.41. The van der Waals surface area contributed by atoms with Gasteiger partial charge in [-0.2, -0.15) is 0 Å². The molecule has 1 unspecified atom stereocenters. The van der Waals surface area contributed by atoms with Gasteiger partial charge in [-0.3, -0.25) is 4.90 Å². The summed E-state index contributed by atoms with van der Waals surface area (Å²) in [5, 5.41) is 3.73. The first kappa shape index (κ1) is 13.3. The van der Waals surface area contributed by atoms with Crippen molar-refractivity contribution in [3.05, 3.63) is 0 Å². The van der Waals surface area contributed by atoms with Crippen molar-refractivity contribution >= 4 is 0 Å². The SMILES string of the molecule is CC(C)(C)N1CCC(NCC2CCOC2)CC1. The summed E-state index contributed by atoms with van der Waals surface area (Å²) >= 11 is 0. The van der Waals surface area contributed by atoms with Crippen LogP contribution in [-0.4, -0.2) is 49.3 Å². The van der Waals surface area contributed by atoms with E-state index >= 15 is 0 Å². The topological polar surface area (TPSA) is 24.5 Å². The fourth-order valence-corrected chi connectivity index (χ4v) is 2.83. The van der Waals surface area contributed by atoms with Crippen LogP contribution in [0.2, 0.25) is 0 Å². The van der Waals surface area contributed by atoms with Crippen LogP contribution in [0.3, 0.4) is 0 Å². The Morgan fingerprint density at radius 1 is 1.18 bits per heavy atom. The number of hydrogen-bond donors (Lipinski definition) is 1. The molecule has 1 atom stereocenters. The normalized spacial score (nSPS) is 28.8. The third kappa shape index (κ3) is 3.94. The molecule has 0 radical (unpaired) electrons. The largest absolute Gasteiger partial charge is 0.381 e. The molecule has 0 bridgehead atoms. The summed E-state index contributed by atoms with van der Waals surface area (Å²) in [5.74, 6) is 0.760. The first-order valence-electron chi connectivity index (χ1n) is 7.12. The zero-order chi connectivity index (χ0) is 12.3. The fourth-order valence-electron chi connectivity index (χ4n) is 2.83. The lowest BCUT2D eigenvalue weighted by molar-refractivity contribution is 0.0950. The minimum Gasteiger partial charge on any atom is -0.381 e. The fraction of sp³-hybridized carbons (Fsp3) is 1.00. The van der Waals surface area contributed by atoms with Crippen molar-refractivity contribution in [2.75, 3.05) is 32.8 Å². The van der Waals surface area contributed by atoms with Gasteiger partial charge < -0.3 is 10.1 Å². The van der Waals surface area contributed by atoms with E-state index in [1.165, 1.54) is 32.4 Å². The first-order chi connectivity index (χ1) is 8.05. The molecule has 0 aromatic rings. The number of likely N-dealkylation sites (tertiary alicyclic amines) is 1. The quantitative estimate of drug-likeness (QED) is 0.815. The monoisotopic (exact) mass is 240 g/mol. The number of nitrogens with zero attached hydrogens (tertiary/aromatic N) is 1. The molecule has 2 aliphatic rings. The van der Waals surface area contributed by atoms with E-state index in [1.807, 2.05) is 0 Å². The highest BCUT2D eigenvalue weighted by molar-refractivity contribution is 4.84. The molecule has 2 rings (SSSR count). The van der Waals surface area contributed by atoms with Gasteiger partial charge in [0.15, 0.2) is 0 Å². The Hall–Kier alpha value is -0.120. The zero-order valence-corrected chi connectivity index (χ0v) is 11.7. The molecule has 3 heteroatoms. The standard InChI is InChI=1S/C14H28N2O/c1-14(2,3)16-7-4-13(5-8-16)15-10-12-6-9-17-11-12/h12-13,15H,4-11H2,1-3H3. The van der Waals surface area contributed by atoms with Crippen LogP contribution >= 0.6 is 0 Å². The molecular weight excluding hydrogens is 212 g/mol. The zero-order valence-electron chi connectivity index (χ0n) is 11.7. The Labute approximate surface area is 106 Å². The minimum absolute atomic E-state index is 0.338. The van der Waals surface area contributed by atoms with Gasteiger partial charge >= 0.3 is 0 Å². The van der Waals surface area contributed by atoms with Gasteiger partial charge in [-0.15, -0.1) is 0 Å². The highest BCUT2D eigenvalue weighted by atomic mass is 16.5. The first-order valence-corrected chi connectivity index (χ1v) is 7.12. The maximum absolute atomic E-state index is 5.41. The van der Waals surface area contributed by atoms with Crippen molar-refractivity contribution in [2.45, 2.75) is 51.6 Å². The predicted molar refractivity (Wildman–Crippen MR) is 71.3 cm³/mol. The number of nitrogens with one attached hydrogen (secondary N) is 1. The Morgan fingerprint density at radius 2 is 1.88 bits per heavy atom. The number of piperidine rings is 1. The van der Waals surface area contributed by atoms with Gasteiger partial charge in [0.25, 0.3) is 0 Å². The van der Waals surface area contributed by atoms with Gasteiger partial charge in [0, 0.05) is 37.8 Å². The van der Waals surface area contributed by atoms with E-state index in [1.54, 1.807) is 0 Å². The van der Waals surface area contributed by atoms with E-state index < -0.39 is 0 Å². The summed E-state index contributed by atoms with van der Waals surface area (Å²) in [6.07, 6.45) is 3.84. The van der Waals surface area contributed by atoms with Crippen LogP contribution in [0.4, 0.5) is 0 Å². The molecule has 0 aromatic heterocycles. The third-order valence-electron chi connectivity index (χ3n) is 4.16. The van der Waals surface area contributed by atoms with Crippen LogP contribution in [-0.2, 0) is 4.74 Å². The second kappa shape index (κ2) is 5.68. The summed E-state index contributed by atoms with van der Waals surface area (Å²) in [6, 6.07) is 0.731. The second-order valence-electron chi connectivity index (χ2n) is 6.57. The van der Waals surface area contributed by atoms with Crippen molar-refractivity contribution in [2.24, 2.45) is 5.92 Å². The van der Waals surface area contributed by atoms with Crippen LogP contribution in [0.5, 0.6) is 0 Å². The van der Waals surface area contributed by atoms with Gasteiger partial charge in [0.2, 0.25) is 0 Å². The van der Waals surface area contributed by atoms with Crippen molar-refractivity contribution in [3.63, 3.8) is 0 Å². The van der Waals surface area contributed by atoms with Gasteiger partial charge in [-0.05, 0) is 46.0 Å². The molecular formula is C14H28N2O. The van der Waals surface area contributed by atoms with E-state index in [4.69, 9.17) is 4.74 Å².